The number of carboxylic acids is 1. The third kappa shape index (κ3) is 11.2. The fraction of sp³-hybridized carbons (Fsp3) is 0.800. The zero-order valence-electron chi connectivity index (χ0n) is 6.25. The van der Waals surface area contributed by atoms with Gasteiger partial charge in [0.2, 0.25) is 0 Å². The van der Waals surface area contributed by atoms with E-state index >= 15 is 0 Å². The summed E-state index contributed by atoms with van der Waals surface area (Å²) in [4.78, 5) is 9.77. The third-order valence-corrected chi connectivity index (χ3v) is 1.68. The van der Waals surface area contributed by atoms with Gasteiger partial charge in [-0.15, -0.1) is 0 Å². The number of hydrogen-bond donors (Lipinski definition) is 0. The van der Waals surface area contributed by atoms with Gasteiger partial charge in [0.1, 0.15) is 5.75 Å². The molecular weight excluding hydrogens is 147 g/mol. The van der Waals surface area contributed by atoms with Crippen LogP contribution in [0.3, 0.4) is 0 Å². The Balaban J connectivity index is 0. The van der Waals surface area contributed by atoms with Gasteiger partial charge in [-0.2, -0.15) is 0 Å². The molecule has 0 aromatic carbocycles. The number of carbonyl (C=O) groups is 1. The minimum absolute atomic E-state index is 0. The van der Waals surface area contributed by atoms with Crippen LogP contribution < -0.4 is 24.0 Å². The first-order valence-corrected chi connectivity index (χ1v) is 4.35. The van der Waals surface area contributed by atoms with Gasteiger partial charge in [-0.05, 0) is 12.8 Å². The van der Waals surface area contributed by atoms with Crippen LogP contribution in [0.5, 0.6) is 0 Å². The molecule has 0 fully saturated rings. The van der Waals surface area contributed by atoms with Crippen molar-refractivity contribution in [2.45, 2.75) is 12.8 Å². The van der Waals surface area contributed by atoms with Gasteiger partial charge < -0.3 is 14.5 Å². The first-order valence-electron chi connectivity index (χ1n) is 2.63. The molecule has 0 radical (unpaired) electrons. The Morgan fingerprint density at radius 2 is 2.10 bits per heavy atom. The van der Waals surface area contributed by atoms with Crippen molar-refractivity contribution in [3.8, 4) is 0 Å². The first-order chi connectivity index (χ1) is 4.13. The van der Waals surface area contributed by atoms with Gasteiger partial charge >= 0.3 is 18.9 Å². The zero-order valence-corrected chi connectivity index (χ0v) is 7.07. The second-order valence-electron chi connectivity index (χ2n) is 1.75. The van der Waals surface area contributed by atoms with E-state index in [-0.39, 0.29) is 25.3 Å². The van der Waals surface area contributed by atoms with Crippen molar-refractivity contribution in [2.24, 2.45) is 0 Å². The Labute approximate surface area is 75.5 Å². The molecule has 0 amide bonds. The SMILES string of the molecule is C[S+]([O-])CCCC(=O)[O-].[Li+]. The van der Waals surface area contributed by atoms with Crippen LogP contribution in [-0.2, 0) is 16.0 Å². The van der Waals surface area contributed by atoms with E-state index in [4.69, 9.17) is 0 Å². The number of carbonyl (C=O) groups excluding carboxylic acids is 1. The van der Waals surface area contributed by atoms with Crippen molar-refractivity contribution in [3.05, 3.63) is 0 Å². The Hall–Kier alpha value is 0.377. The van der Waals surface area contributed by atoms with Gasteiger partial charge in [-0.1, -0.05) is 11.2 Å². The number of carboxylic acid groups (broad SMARTS) is 1. The van der Waals surface area contributed by atoms with Gasteiger partial charge in [0.25, 0.3) is 0 Å². The zero-order chi connectivity index (χ0) is 7.28. The fourth-order valence-electron chi connectivity index (χ4n) is 0.420. The Bertz CT molecular complexity index is 96.9. The maximum atomic E-state index is 10.3. The summed E-state index contributed by atoms with van der Waals surface area (Å²) in [6.45, 7) is 0. The second-order valence-corrected chi connectivity index (χ2v) is 3.31. The van der Waals surface area contributed by atoms with Crippen LogP contribution in [0, 0.1) is 0 Å². The standard InChI is InChI=1S/C5H10O3S.Li/c1-9(8)4-2-3-5(6)7;/h2-4H2,1H3,(H,6,7);/q;+1/p-1. The van der Waals surface area contributed by atoms with Crippen molar-refractivity contribution >= 4 is 17.1 Å². The van der Waals surface area contributed by atoms with Gasteiger partial charge in [0.15, 0.2) is 0 Å². The average Bonchev–Trinajstić information content (AvgIpc) is 1.63. The summed E-state index contributed by atoms with van der Waals surface area (Å²) in [5, 5.41) is 9.77. The molecule has 10 heavy (non-hydrogen) atoms. The topological polar surface area (TPSA) is 63.2 Å². The summed E-state index contributed by atoms with van der Waals surface area (Å²) in [5.74, 6) is -0.617. The summed E-state index contributed by atoms with van der Waals surface area (Å²) >= 11 is -0.873. The normalized spacial score (nSPS) is 11.8. The molecule has 0 N–H and O–H groups in total. The molecule has 0 aliphatic carbocycles. The molecule has 0 saturated heterocycles. The van der Waals surface area contributed by atoms with Gasteiger partial charge in [0, 0.05) is 5.97 Å². The molecule has 0 aromatic heterocycles. The van der Waals surface area contributed by atoms with Gasteiger partial charge in [0.05, 0.1) is 6.26 Å². The maximum Gasteiger partial charge on any atom is 1.00 e. The largest absolute Gasteiger partial charge is 1.00 e. The third-order valence-electron chi connectivity index (χ3n) is 0.813. The second kappa shape index (κ2) is 7.48. The summed E-state index contributed by atoms with van der Waals surface area (Å²) in [7, 11) is 0. The quantitative estimate of drug-likeness (QED) is 0.307. The molecular formula is C5H9LiO3S. The first kappa shape index (κ1) is 13.0. The van der Waals surface area contributed by atoms with Crippen LogP contribution >= 0.6 is 0 Å². The van der Waals surface area contributed by atoms with Crippen molar-refractivity contribution in [1.82, 2.24) is 0 Å². The van der Waals surface area contributed by atoms with Crippen LogP contribution in [-0.4, -0.2) is 22.5 Å². The van der Waals surface area contributed by atoms with E-state index in [1.807, 2.05) is 0 Å². The molecule has 1 unspecified atom stereocenters. The minimum atomic E-state index is -1.07. The predicted molar refractivity (Wildman–Crippen MR) is 33.2 cm³/mol. The van der Waals surface area contributed by atoms with E-state index in [0.717, 1.165) is 0 Å². The van der Waals surface area contributed by atoms with Crippen molar-refractivity contribution < 1.29 is 33.3 Å². The van der Waals surface area contributed by atoms with Crippen LogP contribution in [0.1, 0.15) is 12.8 Å². The van der Waals surface area contributed by atoms with Gasteiger partial charge in [-0.25, -0.2) is 0 Å². The molecule has 0 aliphatic heterocycles. The van der Waals surface area contributed by atoms with Crippen LogP contribution in [0.4, 0.5) is 0 Å². The average molecular weight is 156 g/mol. The maximum absolute atomic E-state index is 10.3. The van der Waals surface area contributed by atoms with E-state index in [0.29, 0.717) is 12.2 Å². The summed E-state index contributed by atoms with van der Waals surface area (Å²) in [6, 6.07) is 0. The monoisotopic (exact) mass is 156 g/mol. The number of rotatable bonds is 4. The summed E-state index contributed by atoms with van der Waals surface area (Å²) < 4.78 is 10.3. The smallest absolute Gasteiger partial charge is 0.617 e. The molecule has 0 rings (SSSR count). The Kier molecular flexibility index (Phi) is 9.73. The van der Waals surface area contributed by atoms with Crippen molar-refractivity contribution in [3.63, 3.8) is 0 Å². The van der Waals surface area contributed by atoms with Crippen LogP contribution in [0.15, 0.2) is 0 Å². The molecule has 0 bridgehead atoms. The van der Waals surface area contributed by atoms with E-state index in [1.165, 1.54) is 0 Å². The summed E-state index contributed by atoms with van der Waals surface area (Å²) in [6.07, 6.45) is 2.01. The Morgan fingerprint density at radius 1 is 1.60 bits per heavy atom. The molecule has 3 nitrogen and oxygen atoms in total. The molecule has 0 spiro atoms. The van der Waals surface area contributed by atoms with Crippen molar-refractivity contribution in [1.29, 1.82) is 0 Å². The molecule has 1 atom stereocenters. The molecule has 5 heteroatoms. The van der Waals surface area contributed by atoms with Gasteiger partial charge in [-0.3, -0.25) is 0 Å². The molecule has 0 heterocycles. The Morgan fingerprint density at radius 3 is 2.40 bits per heavy atom. The van der Waals surface area contributed by atoms with E-state index < -0.39 is 17.1 Å². The van der Waals surface area contributed by atoms with E-state index in [1.54, 1.807) is 6.26 Å². The summed E-state index contributed by atoms with van der Waals surface area (Å²) in [5.41, 5.74) is 0. The molecule has 54 valence electrons. The predicted octanol–water partition coefficient (Wildman–Crippen LogP) is -4.10. The van der Waals surface area contributed by atoms with E-state index in [2.05, 4.69) is 0 Å². The number of hydrogen-bond acceptors (Lipinski definition) is 3. The van der Waals surface area contributed by atoms with E-state index in [9.17, 15) is 14.5 Å². The molecule has 0 aromatic rings. The molecule has 0 saturated carbocycles. The van der Waals surface area contributed by atoms with Crippen molar-refractivity contribution in [2.75, 3.05) is 12.0 Å². The van der Waals surface area contributed by atoms with Crippen LogP contribution in [0.2, 0.25) is 0 Å². The molecule has 0 aliphatic rings. The number of aliphatic carboxylic acids is 1. The fourth-order valence-corrected chi connectivity index (χ4v) is 0.971. The van der Waals surface area contributed by atoms with Crippen LogP contribution in [0.25, 0.3) is 0 Å². The minimum Gasteiger partial charge on any atom is -0.617 e.